The highest BCUT2D eigenvalue weighted by Gasteiger charge is 2.04. The highest BCUT2D eigenvalue weighted by atomic mass is 16.5. The maximum Gasteiger partial charge on any atom is 0.441 e. The molecule has 0 N–H and O–H groups in total. The largest absolute Gasteiger partial charge is 0.441 e. The third-order valence-electron chi connectivity index (χ3n) is 1.46. The molecule has 0 spiro atoms. The number of hydrogen-bond donors (Lipinski definition) is 0. The number of furan rings is 1. The molecular formula is C7H5NO3. The van der Waals surface area contributed by atoms with Crippen molar-refractivity contribution in [3.8, 4) is 0 Å². The lowest BCUT2D eigenvalue weighted by Crippen LogP contribution is -2.04. The summed E-state index contributed by atoms with van der Waals surface area (Å²) >= 11 is 0. The van der Waals surface area contributed by atoms with E-state index in [4.69, 9.17) is 4.42 Å². The molecule has 0 aliphatic rings. The van der Waals surface area contributed by atoms with Crippen molar-refractivity contribution >= 4 is 11.2 Å². The Morgan fingerprint density at radius 3 is 3.18 bits per heavy atom. The van der Waals surface area contributed by atoms with Gasteiger partial charge in [0.2, 0.25) is 0 Å². The molecule has 0 radical (unpaired) electrons. The molecule has 0 aliphatic heterocycles. The molecular weight excluding hydrogens is 146 g/mol. The standard InChI is InChI=1S/C7H5NO3/c1-4-5-2-3-10-6(5)11-7(9)8-4/h2-3H,1H3. The molecule has 0 fully saturated rings. The van der Waals surface area contributed by atoms with E-state index in [1.165, 1.54) is 6.26 Å². The topological polar surface area (TPSA) is 56.2 Å². The average Bonchev–Trinajstić information content (AvgIpc) is 2.34. The fourth-order valence-corrected chi connectivity index (χ4v) is 0.942. The van der Waals surface area contributed by atoms with Crippen LogP contribution >= 0.6 is 0 Å². The fraction of sp³-hybridized carbons (Fsp3) is 0.143. The van der Waals surface area contributed by atoms with E-state index >= 15 is 0 Å². The number of fused-ring (bicyclic) bond motifs is 1. The number of aromatic nitrogens is 1. The van der Waals surface area contributed by atoms with Gasteiger partial charge in [0.05, 0.1) is 17.3 Å². The van der Waals surface area contributed by atoms with Gasteiger partial charge in [0.1, 0.15) is 0 Å². The molecule has 0 bridgehead atoms. The summed E-state index contributed by atoms with van der Waals surface area (Å²) in [5, 5.41) is 0.740. The summed E-state index contributed by atoms with van der Waals surface area (Å²) in [6, 6.07) is 1.71. The minimum absolute atomic E-state index is 0.238. The minimum Gasteiger partial charge on any atom is -0.433 e. The Balaban J connectivity index is 3.02. The first-order chi connectivity index (χ1) is 5.27. The molecule has 4 heteroatoms. The number of hydrogen-bond acceptors (Lipinski definition) is 4. The zero-order valence-corrected chi connectivity index (χ0v) is 5.83. The van der Waals surface area contributed by atoms with Crippen LogP contribution in [0.5, 0.6) is 0 Å². The lowest BCUT2D eigenvalue weighted by Gasteiger charge is -1.88. The molecule has 2 aromatic rings. The molecule has 2 rings (SSSR count). The predicted octanol–water partition coefficient (Wildman–Crippen LogP) is 1.09. The highest BCUT2D eigenvalue weighted by Crippen LogP contribution is 2.14. The van der Waals surface area contributed by atoms with Gasteiger partial charge in [-0.25, -0.2) is 4.79 Å². The summed E-state index contributed by atoms with van der Waals surface area (Å²) in [6.07, 6.45) is 1.46. The van der Waals surface area contributed by atoms with Gasteiger partial charge in [0, 0.05) is 0 Å². The molecule has 0 saturated heterocycles. The molecule has 4 nitrogen and oxygen atoms in total. The first-order valence-corrected chi connectivity index (χ1v) is 3.12. The maximum atomic E-state index is 10.7. The molecule has 11 heavy (non-hydrogen) atoms. The molecule has 0 aliphatic carbocycles. The summed E-state index contributed by atoms with van der Waals surface area (Å²) in [5.41, 5.74) is 0.630. The van der Waals surface area contributed by atoms with Gasteiger partial charge in [0.15, 0.2) is 0 Å². The average molecular weight is 151 g/mol. The number of rotatable bonds is 0. The first-order valence-electron chi connectivity index (χ1n) is 3.12. The predicted molar refractivity (Wildman–Crippen MR) is 37.3 cm³/mol. The van der Waals surface area contributed by atoms with Crippen molar-refractivity contribution in [3.63, 3.8) is 0 Å². The van der Waals surface area contributed by atoms with Crippen molar-refractivity contribution in [3.05, 3.63) is 28.6 Å². The van der Waals surface area contributed by atoms with Gasteiger partial charge in [-0.3, -0.25) is 0 Å². The summed E-state index contributed by atoms with van der Waals surface area (Å²) in [5.74, 6) is -0.382. The minimum atomic E-state index is -0.620. The molecule has 56 valence electrons. The molecule has 0 amide bonds. The van der Waals surface area contributed by atoms with Crippen LogP contribution < -0.4 is 5.76 Å². The molecule has 2 heterocycles. The van der Waals surface area contributed by atoms with E-state index in [-0.39, 0.29) is 5.78 Å². The lowest BCUT2D eigenvalue weighted by atomic mass is 10.3. The highest BCUT2D eigenvalue weighted by molar-refractivity contribution is 5.73. The Morgan fingerprint density at radius 2 is 2.36 bits per heavy atom. The zero-order valence-electron chi connectivity index (χ0n) is 5.83. The van der Waals surface area contributed by atoms with E-state index in [2.05, 4.69) is 9.40 Å². The van der Waals surface area contributed by atoms with Crippen LogP contribution in [-0.4, -0.2) is 4.98 Å². The Kier molecular flexibility index (Phi) is 1.09. The lowest BCUT2D eigenvalue weighted by molar-refractivity contribution is 0.434. The molecule has 0 saturated carbocycles. The smallest absolute Gasteiger partial charge is 0.433 e. The Hall–Kier alpha value is -1.58. The van der Waals surface area contributed by atoms with Crippen molar-refractivity contribution < 1.29 is 8.83 Å². The first kappa shape index (κ1) is 6.15. The summed E-state index contributed by atoms with van der Waals surface area (Å²) in [7, 11) is 0. The van der Waals surface area contributed by atoms with Crippen molar-refractivity contribution in [2.75, 3.05) is 0 Å². The van der Waals surface area contributed by atoms with Crippen LogP contribution in [0.25, 0.3) is 11.2 Å². The van der Waals surface area contributed by atoms with Crippen LogP contribution in [0.2, 0.25) is 0 Å². The number of nitrogens with zero attached hydrogens (tertiary/aromatic N) is 1. The summed E-state index contributed by atoms with van der Waals surface area (Å²) < 4.78 is 9.52. The van der Waals surface area contributed by atoms with Crippen molar-refractivity contribution in [1.29, 1.82) is 0 Å². The van der Waals surface area contributed by atoms with Crippen LogP contribution in [0, 0.1) is 6.92 Å². The van der Waals surface area contributed by atoms with E-state index in [0.717, 1.165) is 5.39 Å². The normalized spacial score (nSPS) is 10.6. The van der Waals surface area contributed by atoms with Crippen LogP contribution in [0.3, 0.4) is 0 Å². The molecule has 2 aromatic heterocycles. The van der Waals surface area contributed by atoms with Gasteiger partial charge < -0.3 is 8.83 Å². The second kappa shape index (κ2) is 1.95. The van der Waals surface area contributed by atoms with Gasteiger partial charge in [0.25, 0.3) is 0 Å². The van der Waals surface area contributed by atoms with Gasteiger partial charge in [-0.2, -0.15) is 4.98 Å². The van der Waals surface area contributed by atoms with Gasteiger partial charge in [-0.1, -0.05) is 0 Å². The summed E-state index contributed by atoms with van der Waals surface area (Å²) in [6.45, 7) is 1.73. The van der Waals surface area contributed by atoms with Crippen molar-refractivity contribution in [2.45, 2.75) is 6.92 Å². The van der Waals surface area contributed by atoms with E-state index in [9.17, 15) is 4.79 Å². The van der Waals surface area contributed by atoms with Gasteiger partial charge in [-0.05, 0) is 13.0 Å². The van der Waals surface area contributed by atoms with E-state index in [1.54, 1.807) is 13.0 Å². The van der Waals surface area contributed by atoms with Crippen LogP contribution in [-0.2, 0) is 0 Å². The molecule has 0 aromatic carbocycles. The third-order valence-corrected chi connectivity index (χ3v) is 1.46. The Bertz CT molecular complexity index is 440. The monoisotopic (exact) mass is 151 g/mol. The maximum absolute atomic E-state index is 10.7. The van der Waals surface area contributed by atoms with Crippen LogP contribution in [0.4, 0.5) is 0 Å². The Morgan fingerprint density at radius 1 is 1.55 bits per heavy atom. The van der Waals surface area contributed by atoms with Crippen molar-refractivity contribution in [2.24, 2.45) is 0 Å². The second-order valence-corrected chi connectivity index (χ2v) is 2.19. The third kappa shape index (κ3) is 0.832. The van der Waals surface area contributed by atoms with Crippen LogP contribution in [0.1, 0.15) is 5.69 Å². The zero-order chi connectivity index (χ0) is 7.84. The van der Waals surface area contributed by atoms with E-state index in [0.29, 0.717) is 5.69 Å². The molecule has 0 atom stereocenters. The van der Waals surface area contributed by atoms with Gasteiger partial charge >= 0.3 is 11.5 Å². The Labute approximate surface area is 61.5 Å². The fourth-order valence-electron chi connectivity index (χ4n) is 0.942. The van der Waals surface area contributed by atoms with E-state index < -0.39 is 5.76 Å². The summed E-state index contributed by atoms with van der Waals surface area (Å²) in [4.78, 5) is 14.3. The van der Waals surface area contributed by atoms with Gasteiger partial charge in [-0.15, -0.1) is 0 Å². The van der Waals surface area contributed by atoms with Crippen LogP contribution in [0.15, 0.2) is 26.0 Å². The molecule has 0 unspecified atom stereocenters. The SMILES string of the molecule is Cc1nc(=O)oc2occc12. The number of aryl methyl sites for hydroxylation is 1. The quantitative estimate of drug-likeness (QED) is 0.565. The second-order valence-electron chi connectivity index (χ2n) is 2.19. The van der Waals surface area contributed by atoms with E-state index in [1.807, 2.05) is 0 Å². The van der Waals surface area contributed by atoms with Crippen molar-refractivity contribution in [1.82, 2.24) is 4.98 Å².